The van der Waals surface area contributed by atoms with Crippen molar-refractivity contribution in [1.29, 1.82) is 0 Å². The molecule has 0 bridgehead atoms. The number of rotatable bonds is 4. The monoisotopic (exact) mass is 359 g/mol. The van der Waals surface area contributed by atoms with E-state index in [1.165, 1.54) is 18.2 Å². The van der Waals surface area contributed by atoms with Gasteiger partial charge in [-0.3, -0.25) is 4.79 Å². The van der Waals surface area contributed by atoms with Gasteiger partial charge in [0.2, 0.25) is 0 Å². The summed E-state index contributed by atoms with van der Waals surface area (Å²) in [6.45, 7) is 1.55. The number of aliphatic carboxylic acids is 1. The minimum atomic E-state index is -0.967. The van der Waals surface area contributed by atoms with Crippen LogP contribution in [0.2, 0.25) is 15.1 Å². The van der Waals surface area contributed by atoms with Crippen molar-refractivity contribution in [2.75, 3.05) is 5.73 Å². The molecule has 0 amide bonds. The zero-order valence-corrected chi connectivity index (χ0v) is 13.7. The molecule has 2 aromatic rings. The van der Waals surface area contributed by atoms with Gasteiger partial charge in [0.15, 0.2) is 5.75 Å². The predicted molar refractivity (Wildman–Crippen MR) is 88.5 cm³/mol. The lowest BCUT2D eigenvalue weighted by molar-refractivity contribution is -0.138. The number of nitrogens with two attached hydrogens (primary N) is 1. The molecule has 0 aromatic heterocycles. The summed E-state index contributed by atoms with van der Waals surface area (Å²) in [5, 5.41) is 9.81. The number of carbonyl (C=O) groups is 1. The Balaban J connectivity index is 2.36. The molecule has 2 rings (SSSR count). The molecular weight excluding hydrogens is 349 g/mol. The number of halogens is 3. The van der Waals surface area contributed by atoms with E-state index in [4.69, 9.17) is 50.4 Å². The molecule has 0 saturated heterocycles. The summed E-state index contributed by atoms with van der Waals surface area (Å²) in [4.78, 5) is 11.0. The number of anilines is 1. The molecule has 0 aliphatic rings. The van der Waals surface area contributed by atoms with E-state index in [0.29, 0.717) is 22.0 Å². The first-order valence-corrected chi connectivity index (χ1v) is 7.37. The maximum atomic E-state index is 11.0. The zero-order valence-electron chi connectivity index (χ0n) is 11.4. The maximum absolute atomic E-state index is 11.0. The molecule has 0 aliphatic carbocycles. The van der Waals surface area contributed by atoms with Crippen molar-refractivity contribution in [2.24, 2.45) is 0 Å². The number of hydrogen-bond acceptors (Lipinski definition) is 3. The first kappa shape index (κ1) is 16.7. The summed E-state index contributed by atoms with van der Waals surface area (Å²) in [6, 6.07) is 7.79. The van der Waals surface area contributed by atoms with Crippen molar-refractivity contribution < 1.29 is 14.6 Å². The Bertz CT molecular complexity index is 711. The number of nitrogen functional groups attached to an aromatic ring is 1. The quantitative estimate of drug-likeness (QED) is 0.734. The van der Waals surface area contributed by atoms with Crippen LogP contribution >= 0.6 is 34.8 Å². The van der Waals surface area contributed by atoms with Gasteiger partial charge < -0.3 is 15.6 Å². The number of carboxylic acid groups (broad SMARTS) is 1. The molecule has 0 saturated carbocycles. The fourth-order valence-corrected chi connectivity index (χ4v) is 2.51. The average molecular weight is 361 g/mol. The first-order chi connectivity index (χ1) is 10.3. The summed E-state index contributed by atoms with van der Waals surface area (Å²) in [6.07, 6.45) is 0. The van der Waals surface area contributed by atoms with Gasteiger partial charge >= 0.3 is 5.97 Å². The number of carboxylic acids is 1. The van der Waals surface area contributed by atoms with Gasteiger partial charge in [-0.25, -0.2) is 0 Å². The Morgan fingerprint density at radius 1 is 1.14 bits per heavy atom. The Morgan fingerprint density at radius 2 is 1.73 bits per heavy atom. The molecule has 3 N–H and O–H groups in total. The summed E-state index contributed by atoms with van der Waals surface area (Å²) in [5.74, 6) is -1.05. The molecule has 0 radical (unpaired) electrons. The third kappa shape index (κ3) is 3.58. The smallest absolute Gasteiger partial charge is 0.310 e. The van der Waals surface area contributed by atoms with Crippen LogP contribution in [0.25, 0.3) is 0 Å². The molecule has 4 nitrogen and oxygen atoms in total. The second-order valence-corrected chi connectivity index (χ2v) is 5.88. The van der Waals surface area contributed by atoms with E-state index < -0.39 is 11.9 Å². The molecule has 22 heavy (non-hydrogen) atoms. The van der Waals surface area contributed by atoms with Crippen LogP contribution in [-0.4, -0.2) is 11.1 Å². The second kappa shape index (κ2) is 6.65. The van der Waals surface area contributed by atoms with E-state index in [2.05, 4.69) is 0 Å². The molecule has 0 spiro atoms. The van der Waals surface area contributed by atoms with Crippen molar-refractivity contribution in [3.05, 3.63) is 51.0 Å². The van der Waals surface area contributed by atoms with Crippen molar-refractivity contribution in [3.8, 4) is 11.5 Å². The Labute approximate surface area is 142 Å². The lowest BCUT2D eigenvalue weighted by atomic mass is 10.0. The molecule has 0 heterocycles. The molecule has 1 unspecified atom stereocenters. The van der Waals surface area contributed by atoms with Crippen LogP contribution in [0.5, 0.6) is 11.5 Å². The molecule has 0 fully saturated rings. The van der Waals surface area contributed by atoms with Gasteiger partial charge in [-0.15, -0.1) is 0 Å². The van der Waals surface area contributed by atoms with E-state index in [1.54, 1.807) is 19.1 Å². The van der Waals surface area contributed by atoms with Crippen molar-refractivity contribution in [1.82, 2.24) is 0 Å². The molecule has 116 valence electrons. The van der Waals surface area contributed by atoms with E-state index in [9.17, 15) is 4.79 Å². The third-order valence-corrected chi connectivity index (χ3v) is 3.97. The summed E-state index contributed by atoms with van der Waals surface area (Å²) in [5.41, 5.74) is 6.55. The highest BCUT2D eigenvalue weighted by Gasteiger charge is 2.18. The Hall–Kier alpha value is -1.62. The van der Waals surface area contributed by atoms with Crippen LogP contribution in [0, 0.1) is 0 Å². The minimum Gasteiger partial charge on any atom is -0.481 e. The summed E-state index contributed by atoms with van der Waals surface area (Å²) >= 11 is 18.2. The van der Waals surface area contributed by atoms with Crippen LogP contribution in [0.4, 0.5) is 5.69 Å². The van der Waals surface area contributed by atoms with E-state index in [1.807, 2.05) is 0 Å². The van der Waals surface area contributed by atoms with Gasteiger partial charge in [0.1, 0.15) is 5.75 Å². The van der Waals surface area contributed by atoms with Gasteiger partial charge in [0, 0.05) is 6.07 Å². The Morgan fingerprint density at radius 3 is 2.23 bits per heavy atom. The SMILES string of the molecule is CC(C(=O)O)c1cc(Cl)c(Oc2ccc(N)c(Cl)c2)c(Cl)c1. The fraction of sp³-hybridized carbons (Fsp3) is 0.133. The molecule has 1 atom stereocenters. The van der Waals surface area contributed by atoms with Crippen LogP contribution in [-0.2, 0) is 4.79 Å². The largest absolute Gasteiger partial charge is 0.481 e. The van der Waals surface area contributed by atoms with Crippen molar-refractivity contribution >= 4 is 46.5 Å². The van der Waals surface area contributed by atoms with Gasteiger partial charge in [-0.1, -0.05) is 34.8 Å². The van der Waals surface area contributed by atoms with Crippen LogP contribution in [0.15, 0.2) is 30.3 Å². The second-order valence-electron chi connectivity index (χ2n) is 4.66. The summed E-state index contributed by atoms with van der Waals surface area (Å²) in [7, 11) is 0. The van der Waals surface area contributed by atoms with Gasteiger partial charge in [-0.05, 0) is 36.8 Å². The predicted octanol–water partition coefficient (Wildman–Crippen LogP) is 5.21. The highest BCUT2D eigenvalue weighted by atomic mass is 35.5. The van der Waals surface area contributed by atoms with Gasteiger partial charge in [0.25, 0.3) is 0 Å². The van der Waals surface area contributed by atoms with E-state index in [-0.39, 0.29) is 15.8 Å². The average Bonchev–Trinajstić information content (AvgIpc) is 2.45. The minimum absolute atomic E-state index is 0.212. The molecule has 7 heteroatoms. The number of ether oxygens (including phenoxy) is 1. The Kier molecular flexibility index (Phi) is 5.06. The highest BCUT2D eigenvalue weighted by Crippen LogP contribution is 2.39. The molecular formula is C15H12Cl3NO3. The normalized spacial score (nSPS) is 12.0. The highest BCUT2D eigenvalue weighted by molar-refractivity contribution is 6.37. The standard InChI is InChI=1S/C15H12Cl3NO3/c1-7(15(20)21)8-4-11(17)14(12(18)5-8)22-9-2-3-13(19)10(16)6-9/h2-7H,19H2,1H3,(H,20,21). The zero-order chi connectivity index (χ0) is 16.4. The third-order valence-electron chi connectivity index (χ3n) is 3.08. The van der Waals surface area contributed by atoms with E-state index >= 15 is 0 Å². The van der Waals surface area contributed by atoms with Crippen LogP contribution < -0.4 is 10.5 Å². The lowest BCUT2D eigenvalue weighted by Gasteiger charge is -2.14. The van der Waals surface area contributed by atoms with Crippen molar-refractivity contribution in [2.45, 2.75) is 12.8 Å². The van der Waals surface area contributed by atoms with Crippen molar-refractivity contribution in [3.63, 3.8) is 0 Å². The maximum Gasteiger partial charge on any atom is 0.310 e. The molecule has 0 aliphatic heterocycles. The molecule has 2 aromatic carbocycles. The van der Waals surface area contributed by atoms with E-state index in [0.717, 1.165) is 0 Å². The van der Waals surface area contributed by atoms with Gasteiger partial charge in [-0.2, -0.15) is 0 Å². The lowest BCUT2D eigenvalue weighted by Crippen LogP contribution is -2.07. The first-order valence-electron chi connectivity index (χ1n) is 6.24. The van der Waals surface area contributed by atoms with Gasteiger partial charge in [0.05, 0.1) is 26.7 Å². The number of benzene rings is 2. The van der Waals surface area contributed by atoms with Crippen LogP contribution in [0.3, 0.4) is 0 Å². The van der Waals surface area contributed by atoms with Crippen LogP contribution in [0.1, 0.15) is 18.4 Å². The topological polar surface area (TPSA) is 72.5 Å². The number of hydrogen-bond donors (Lipinski definition) is 2. The summed E-state index contributed by atoms with van der Waals surface area (Å²) < 4.78 is 5.62. The fourth-order valence-electron chi connectivity index (χ4n) is 1.76.